The Morgan fingerprint density at radius 2 is 1.45 bits per heavy atom. The third-order valence-electron chi connectivity index (χ3n) is 2.22. The van der Waals surface area contributed by atoms with Crippen molar-refractivity contribution in [2.24, 2.45) is 0 Å². The SMILES string of the molecule is O=C1/C=C(/C(=O)O)OC(=O)c2ccc(cc2)C(=O)OO1. The lowest BCUT2D eigenvalue weighted by Gasteiger charge is -2.07. The molecule has 0 amide bonds. The number of hydrogen-bond acceptors (Lipinski definition) is 7. The number of hydrogen-bond donors (Lipinski definition) is 1. The molecule has 8 heteroatoms. The second-order valence-electron chi connectivity index (χ2n) is 3.55. The Morgan fingerprint density at radius 1 is 0.900 bits per heavy atom. The fourth-order valence-electron chi connectivity index (χ4n) is 1.29. The minimum atomic E-state index is -1.66. The molecule has 8 nitrogen and oxygen atoms in total. The number of benzene rings is 1. The van der Waals surface area contributed by atoms with Crippen LogP contribution in [0.15, 0.2) is 36.1 Å². The number of fused-ring (bicyclic) bond motifs is 8. The number of aliphatic carboxylic acids is 1. The average Bonchev–Trinajstić information content (AvgIpc) is 2.43. The van der Waals surface area contributed by atoms with Gasteiger partial charge < -0.3 is 9.84 Å². The normalized spacial score (nSPS) is 17.8. The zero-order valence-corrected chi connectivity index (χ0v) is 9.69. The first-order valence-corrected chi connectivity index (χ1v) is 5.17. The van der Waals surface area contributed by atoms with Crippen molar-refractivity contribution in [1.82, 2.24) is 0 Å². The van der Waals surface area contributed by atoms with E-state index in [4.69, 9.17) is 5.11 Å². The van der Waals surface area contributed by atoms with Crippen molar-refractivity contribution in [2.45, 2.75) is 0 Å². The van der Waals surface area contributed by atoms with Crippen LogP contribution in [-0.2, 0) is 24.1 Å². The van der Waals surface area contributed by atoms with Gasteiger partial charge in [-0.2, -0.15) is 0 Å². The quantitative estimate of drug-likeness (QED) is 0.581. The zero-order chi connectivity index (χ0) is 14.7. The number of carboxylic acids is 1. The van der Waals surface area contributed by atoms with E-state index >= 15 is 0 Å². The summed E-state index contributed by atoms with van der Waals surface area (Å²) in [4.78, 5) is 53.4. The largest absolute Gasteiger partial charge is 0.475 e. The molecule has 3 rings (SSSR count). The van der Waals surface area contributed by atoms with Crippen molar-refractivity contribution >= 4 is 23.9 Å². The number of carboxylic acid groups (broad SMARTS) is 1. The standard InChI is InChI=1S/C12H6O8/c13-9-5-8(10(14)15)18-11(16)6-1-3-7(4-2-6)12(17)20-19-9/h1-5H,(H,14,15)/b8-5-. The maximum Gasteiger partial charge on any atom is 0.386 e. The van der Waals surface area contributed by atoms with Crippen LogP contribution in [0.5, 0.6) is 0 Å². The first-order chi connectivity index (χ1) is 9.47. The Labute approximate surface area is 111 Å². The zero-order valence-electron chi connectivity index (χ0n) is 9.69. The highest BCUT2D eigenvalue weighted by atomic mass is 17.2. The van der Waals surface area contributed by atoms with Gasteiger partial charge in [-0.25, -0.2) is 29.0 Å². The maximum atomic E-state index is 11.6. The van der Waals surface area contributed by atoms with Crippen molar-refractivity contribution in [3.05, 3.63) is 47.2 Å². The van der Waals surface area contributed by atoms with E-state index < -0.39 is 29.6 Å². The van der Waals surface area contributed by atoms with Gasteiger partial charge in [-0.05, 0) is 24.3 Å². The molecular formula is C12H6O8. The average molecular weight is 278 g/mol. The van der Waals surface area contributed by atoms with Crippen molar-refractivity contribution in [3.8, 4) is 0 Å². The van der Waals surface area contributed by atoms with Gasteiger partial charge in [0.15, 0.2) is 0 Å². The van der Waals surface area contributed by atoms with Crippen LogP contribution in [0.4, 0.5) is 0 Å². The third-order valence-corrected chi connectivity index (χ3v) is 2.22. The number of carbonyl (C=O) groups excluding carboxylic acids is 3. The van der Waals surface area contributed by atoms with Crippen molar-refractivity contribution < 1.29 is 38.8 Å². The highest BCUT2D eigenvalue weighted by molar-refractivity contribution is 5.99. The molecule has 0 spiro atoms. The Morgan fingerprint density at radius 3 is 2.00 bits per heavy atom. The van der Waals surface area contributed by atoms with Gasteiger partial charge in [-0.15, -0.1) is 0 Å². The summed E-state index contributed by atoms with van der Waals surface area (Å²) >= 11 is 0. The van der Waals surface area contributed by atoms with E-state index in [1.54, 1.807) is 0 Å². The minimum Gasteiger partial charge on any atom is -0.475 e. The Hall–Kier alpha value is -3.16. The minimum absolute atomic E-state index is 0.00245. The fourth-order valence-corrected chi connectivity index (χ4v) is 1.29. The molecule has 0 fully saturated rings. The van der Waals surface area contributed by atoms with Crippen LogP contribution in [0, 0.1) is 0 Å². The van der Waals surface area contributed by atoms with Crippen molar-refractivity contribution in [3.63, 3.8) is 0 Å². The monoisotopic (exact) mass is 278 g/mol. The first-order valence-electron chi connectivity index (χ1n) is 5.17. The molecule has 102 valence electrons. The second-order valence-corrected chi connectivity index (χ2v) is 3.55. The van der Waals surface area contributed by atoms with Crippen LogP contribution >= 0.6 is 0 Å². The van der Waals surface area contributed by atoms with Crippen molar-refractivity contribution in [2.75, 3.05) is 0 Å². The van der Waals surface area contributed by atoms with E-state index in [2.05, 4.69) is 14.5 Å². The van der Waals surface area contributed by atoms with Crippen LogP contribution < -0.4 is 0 Å². The summed E-state index contributed by atoms with van der Waals surface area (Å²) in [5, 5.41) is 8.79. The molecule has 0 aromatic heterocycles. The number of esters is 1. The number of rotatable bonds is 1. The molecule has 2 aliphatic heterocycles. The van der Waals surface area contributed by atoms with Gasteiger partial charge in [-0.1, -0.05) is 0 Å². The molecule has 0 unspecified atom stereocenters. The topological polar surface area (TPSA) is 116 Å². The molecule has 1 aromatic rings. The van der Waals surface area contributed by atoms with Crippen LogP contribution in [0.25, 0.3) is 0 Å². The number of carbonyl (C=O) groups is 4. The van der Waals surface area contributed by atoms with E-state index in [-0.39, 0.29) is 11.1 Å². The van der Waals surface area contributed by atoms with E-state index in [0.29, 0.717) is 6.08 Å². The van der Waals surface area contributed by atoms with E-state index in [1.165, 1.54) is 24.3 Å². The molecule has 0 saturated carbocycles. The van der Waals surface area contributed by atoms with Crippen LogP contribution in [-0.4, -0.2) is 29.0 Å². The third kappa shape index (κ3) is 2.80. The summed E-state index contributed by atoms with van der Waals surface area (Å²) in [7, 11) is 0. The fraction of sp³-hybridized carbons (Fsp3) is 0. The van der Waals surface area contributed by atoms with E-state index in [0.717, 1.165) is 0 Å². The molecule has 2 heterocycles. The molecule has 2 bridgehead atoms. The Bertz CT molecular complexity index is 625. The lowest BCUT2D eigenvalue weighted by atomic mass is 10.1. The smallest absolute Gasteiger partial charge is 0.386 e. The molecule has 2 aliphatic rings. The molecule has 0 radical (unpaired) electrons. The molecule has 1 aromatic carbocycles. The highest BCUT2D eigenvalue weighted by Crippen LogP contribution is 2.12. The summed E-state index contributed by atoms with van der Waals surface area (Å²) in [6.07, 6.45) is 0.376. The molecule has 20 heavy (non-hydrogen) atoms. The van der Waals surface area contributed by atoms with Crippen LogP contribution in [0.1, 0.15) is 20.7 Å². The molecule has 0 saturated heterocycles. The molecular weight excluding hydrogens is 272 g/mol. The predicted molar refractivity (Wildman–Crippen MR) is 59.1 cm³/mol. The first kappa shape index (κ1) is 13.3. The number of ether oxygens (including phenoxy) is 1. The predicted octanol–water partition coefficient (Wildman–Crippen LogP) is 0.440. The Balaban J connectivity index is 2.43. The van der Waals surface area contributed by atoms with Gasteiger partial charge in [0.2, 0.25) is 5.76 Å². The van der Waals surface area contributed by atoms with Gasteiger partial charge >= 0.3 is 23.9 Å². The van der Waals surface area contributed by atoms with Crippen LogP contribution in [0.3, 0.4) is 0 Å². The maximum absolute atomic E-state index is 11.6. The van der Waals surface area contributed by atoms with Gasteiger partial charge in [-0.3, -0.25) is 0 Å². The Kier molecular flexibility index (Phi) is 3.47. The van der Waals surface area contributed by atoms with Gasteiger partial charge in [0, 0.05) is 0 Å². The summed E-state index contributed by atoms with van der Waals surface area (Å²) < 4.78 is 4.54. The van der Waals surface area contributed by atoms with Crippen molar-refractivity contribution in [1.29, 1.82) is 0 Å². The lowest BCUT2D eigenvalue weighted by Crippen LogP contribution is -2.17. The molecule has 1 N–H and O–H groups in total. The van der Waals surface area contributed by atoms with Gasteiger partial charge in [0.25, 0.3) is 0 Å². The second kappa shape index (κ2) is 5.22. The summed E-state index contributed by atoms with van der Waals surface area (Å²) in [6, 6.07) is 4.95. The lowest BCUT2D eigenvalue weighted by molar-refractivity contribution is -0.228. The highest BCUT2D eigenvalue weighted by Gasteiger charge is 2.21. The van der Waals surface area contributed by atoms with Gasteiger partial charge in [0.05, 0.1) is 17.2 Å². The molecule has 0 aliphatic carbocycles. The summed E-state index contributed by atoms with van der Waals surface area (Å²) in [5.74, 6) is -5.88. The van der Waals surface area contributed by atoms with Gasteiger partial charge in [0.1, 0.15) is 0 Å². The summed E-state index contributed by atoms with van der Waals surface area (Å²) in [6.45, 7) is 0. The summed E-state index contributed by atoms with van der Waals surface area (Å²) in [5.41, 5.74) is 0.0417. The van der Waals surface area contributed by atoms with E-state index in [1.807, 2.05) is 0 Å². The van der Waals surface area contributed by atoms with Crippen LogP contribution in [0.2, 0.25) is 0 Å². The molecule has 0 atom stereocenters. The van der Waals surface area contributed by atoms with E-state index in [9.17, 15) is 19.2 Å².